The number of carbonyl (C=O) groups excluding carboxylic acids is 1. The number of nitrogens with two attached hydrogens (primary N) is 2. The quantitative estimate of drug-likeness (QED) is 0.116. The molecule has 0 unspecified atom stereocenters. The number of thioether (sulfide) groups is 1. The molecular weight excluding hydrogens is 526 g/mol. The summed E-state index contributed by atoms with van der Waals surface area (Å²) in [5.41, 5.74) is 14.9. The van der Waals surface area contributed by atoms with Crippen molar-refractivity contribution in [2.45, 2.75) is 18.7 Å². The van der Waals surface area contributed by atoms with Crippen molar-refractivity contribution in [3.05, 3.63) is 94.9 Å². The van der Waals surface area contributed by atoms with Crippen LogP contribution in [-0.4, -0.2) is 20.1 Å². The molecule has 2 aromatic carbocycles. The molecular formula is C27H20F2N6OS2. The molecule has 0 fully saturated rings. The SMILES string of the molecule is Cc1cccnc1-c1nsc2cc(F)c(N)cc12.Cc1cccnc1C(=O)c1cc(N)c(F)cc1SC#N. The number of pyridine rings is 2. The van der Waals surface area contributed by atoms with Crippen molar-refractivity contribution < 1.29 is 13.6 Å². The molecule has 0 aliphatic rings. The van der Waals surface area contributed by atoms with Crippen molar-refractivity contribution in [2.24, 2.45) is 0 Å². The second-order valence-corrected chi connectivity index (χ2v) is 9.76. The molecule has 3 aromatic heterocycles. The number of ketones is 1. The van der Waals surface area contributed by atoms with Crippen LogP contribution in [0.2, 0.25) is 0 Å². The van der Waals surface area contributed by atoms with Gasteiger partial charge in [0.05, 0.1) is 21.8 Å². The van der Waals surface area contributed by atoms with Gasteiger partial charge >= 0.3 is 0 Å². The molecule has 0 aliphatic carbocycles. The Morgan fingerprint density at radius 3 is 2.29 bits per heavy atom. The number of rotatable bonds is 4. The fraction of sp³-hybridized carbons (Fsp3) is 0.0741. The third kappa shape index (κ3) is 5.46. The lowest BCUT2D eigenvalue weighted by Crippen LogP contribution is -2.09. The molecule has 0 amide bonds. The van der Waals surface area contributed by atoms with Gasteiger partial charge in [0.15, 0.2) is 0 Å². The smallest absolute Gasteiger partial charge is 0.212 e. The van der Waals surface area contributed by atoms with Crippen LogP contribution in [0.25, 0.3) is 21.5 Å². The van der Waals surface area contributed by atoms with Gasteiger partial charge in [-0.2, -0.15) is 9.64 Å². The number of halogens is 2. The Hall–Kier alpha value is -4.40. The number of benzene rings is 2. The maximum atomic E-state index is 13.5. The van der Waals surface area contributed by atoms with Crippen LogP contribution >= 0.6 is 23.3 Å². The Bertz CT molecular complexity index is 1710. The Labute approximate surface area is 225 Å². The molecule has 5 rings (SSSR count). The predicted octanol–water partition coefficient (Wildman–Crippen LogP) is 6.30. The second-order valence-electron chi connectivity index (χ2n) is 8.13. The van der Waals surface area contributed by atoms with Gasteiger partial charge in [-0.15, -0.1) is 0 Å². The Kier molecular flexibility index (Phi) is 7.95. The number of hydrogen-bond acceptors (Lipinski definition) is 9. The number of hydrogen-bond donors (Lipinski definition) is 2. The molecule has 0 saturated heterocycles. The van der Waals surface area contributed by atoms with Gasteiger partial charge in [0.2, 0.25) is 5.78 Å². The third-order valence-corrected chi connectivity index (χ3v) is 7.00. The minimum Gasteiger partial charge on any atom is -0.396 e. The van der Waals surface area contributed by atoms with Gasteiger partial charge < -0.3 is 11.5 Å². The maximum Gasteiger partial charge on any atom is 0.212 e. The van der Waals surface area contributed by atoms with E-state index < -0.39 is 11.6 Å². The van der Waals surface area contributed by atoms with E-state index in [1.807, 2.05) is 24.5 Å². The average molecular weight is 547 g/mol. The van der Waals surface area contributed by atoms with Crippen LogP contribution in [0.3, 0.4) is 0 Å². The zero-order chi connectivity index (χ0) is 27.4. The van der Waals surface area contributed by atoms with Gasteiger partial charge in [-0.3, -0.25) is 14.8 Å². The first-order valence-corrected chi connectivity index (χ1v) is 12.7. The van der Waals surface area contributed by atoms with Crippen LogP contribution in [0.5, 0.6) is 0 Å². The molecule has 0 bridgehead atoms. The van der Waals surface area contributed by atoms with Crippen molar-refractivity contribution in [1.82, 2.24) is 14.3 Å². The Morgan fingerprint density at radius 2 is 1.61 bits per heavy atom. The highest BCUT2D eigenvalue weighted by atomic mass is 32.2. The van der Waals surface area contributed by atoms with Gasteiger partial charge in [-0.1, -0.05) is 12.1 Å². The summed E-state index contributed by atoms with van der Waals surface area (Å²) in [6, 6.07) is 12.7. The van der Waals surface area contributed by atoms with E-state index in [4.69, 9.17) is 16.7 Å². The number of fused-ring (bicyclic) bond motifs is 1. The molecule has 4 N–H and O–H groups in total. The summed E-state index contributed by atoms with van der Waals surface area (Å²) in [4.78, 5) is 21.1. The predicted molar refractivity (Wildman–Crippen MR) is 147 cm³/mol. The summed E-state index contributed by atoms with van der Waals surface area (Å²) in [7, 11) is 0. The van der Waals surface area contributed by atoms with Crippen molar-refractivity contribution in [1.29, 1.82) is 5.26 Å². The van der Waals surface area contributed by atoms with Gasteiger partial charge in [0, 0.05) is 28.2 Å². The van der Waals surface area contributed by atoms with Gasteiger partial charge in [0.25, 0.3) is 0 Å². The monoisotopic (exact) mass is 546 g/mol. The molecule has 0 aliphatic heterocycles. The second kappa shape index (κ2) is 11.3. The van der Waals surface area contributed by atoms with Crippen LogP contribution in [0.1, 0.15) is 27.2 Å². The average Bonchev–Trinajstić information content (AvgIpc) is 3.29. The molecule has 0 radical (unpaired) electrons. The molecule has 0 atom stereocenters. The fourth-order valence-corrected chi connectivity index (χ4v) is 4.92. The summed E-state index contributed by atoms with van der Waals surface area (Å²) < 4.78 is 32.0. The highest BCUT2D eigenvalue weighted by Crippen LogP contribution is 2.33. The lowest BCUT2D eigenvalue weighted by Gasteiger charge is -2.08. The Morgan fingerprint density at radius 1 is 0.947 bits per heavy atom. The molecule has 5 aromatic rings. The van der Waals surface area contributed by atoms with E-state index >= 15 is 0 Å². The van der Waals surface area contributed by atoms with E-state index in [2.05, 4.69) is 14.3 Å². The minimum atomic E-state index is -0.656. The van der Waals surface area contributed by atoms with Crippen molar-refractivity contribution >= 4 is 50.5 Å². The van der Waals surface area contributed by atoms with Crippen LogP contribution in [-0.2, 0) is 0 Å². The number of anilines is 2. The van der Waals surface area contributed by atoms with Gasteiger partial charge in [-0.05, 0) is 84.7 Å². The minimum absolute atomic E-state index is 0.135. The molecule has 0 saturated carbocycles. The topological polar surface area (TPSA) is 132 Å². The molecule has 0 spiro atoms. The van der Waals surface area contributed by atoms with E-state index in [1.54, 1.807) is 31.3 Å². The molecule has 7 nitrogen and oxygen atoms in total. The first kappa shape index (κ1) is 26.7. The lowest BCUT2D eigenvalue weighted by molar-refractivity contribution is 0.103. The van der Waals surface area contributed by atoms with Crippen LogP contribution in [0.15, 0.2) is 65.8 Å². The van der Waals surface area contributed by atoms with E-state index in [9.17, 15) is 13.6 Å². The van der Waals surface area contributed by atoms with E-state index in [0.29, 0.717) is 17.3 Å². The number of nitrogens with zero attached hydrogens (tertiary/aromatic N) is 4. The molecule has 3 heterocycles. The first-order chi connectivity index (χ1) is 18.2. The zero-order valence-electron chi connectivity index (χ0n) is 20.2. The van der Waals surface area contributed by atoms with Gasteiger partial charge in [-0.25, -0.2) is 8.78 Å². The number of nitriles is 1. The summed E-state index contributed by atoms with van der Waals surface area (Å²) in [5, 5.41) is 11.4. The number of aromatic nitrogens is 3. The van der Waals surface area contributed by atoms with Crippen LogP contribution < -0.4 is 11.5 Å². The van der Waals surface area contributed by atoms with Crippen molar-refractivity contribution in [2.75, 3.05) is 11.5 Å². The summed E-state index contributed by atoms with van der Waals surface area (Å²) in [6.07, 6.45) is 3.23. The van der Waals surface area contributed by atoms with Crippen LogP contribution in [0.4, 0.5) is 20.2 Å². The third-order valence-electron chi connectivity index (χ3n) is 5.55. The summed E-state index contributed by atoms with van der Waals surface area (Å²) in [6.45, 7) is 3.73. The number of aryl methyl sites for hydroxylation is 2. The standard InChI is InChI=1S/C14H10FN3OS.C13H10FN3S/c1-8-3-2-4-18-13(8)14(19)9-5-11(17)10(15)6-12(9)20-7-16;1-7-3-2-4-16-12(7)13-8-5-10(15)9(14)6-11(8)18-17-13/h2-6H,17H2,1H3;2-6H,15H2,1H3. The highest BCUT2D eigenvalue weighted by Gasteiger charge is 2.19. The first-order valence-electron chi connectivity index (χ1n) is 11.1. The van der Waals surface area contributed by atoms with Crippen molar-refractivity contribution in [3.63, 3.8) is 0 Å². The maximum absolute atomic E-state index is 13.5. The zero-order valence-corrected chi connectivity index (χ0v) is 21.8. The highest BCUT2D eigenvalue weighted by molar-refractivity contribution is 8.03. The fourth-order valence-electron chi connectivity index (χ4n) is 3.61. The number of carbonyl (C=O) groups is 1. The summed E-state index contributed by atoms with van der Waals surface area (Å²) in [5.74, 6) is -1.44. The van der Waals surface area contributed by atoms with E-state index in [0.717, 1.165) is 33.1 Å². The molecule has 11 heteroatoms. The van der Waals surface area contributed by atoms with Gasteiger partial charge in [0.1, 0.15) is 28.4 Å². The summed E-state index contributed by atoms with van der Waals surface area (Å²) >= 11 is 1.97. The molecule has 190 valence electrons. The number of thiocyanates is 1. The van der Waals surface area contributed by atoms with E-state index in [1.165, 1.54) is 29.9 Å². The Balaban J connectivity index is 0.000000178. The largest absolute Gasteiger partial charge is 0.396 e. The normalized spacial score (nSPS) is 10.5. The van der Waals surface area contributed by atoms with Crippen molar-refractivity contribution in [3.8, 4) is 16.8 Å². The lowest BCUT2D eigenvalue weighted by atomic mass is 10.0. The van der Waals surface area contributed by atoms with Crippen LogP contribution in [0, 0.1) is 36.1 Å². The number of nitrogen functional groups attached to an aromatic ring is 2. The van der Waals surface area contributed by atoms with E-state index in [-0.39, 0.29) is 33.3 Å². The molecule has 38 heavy (non-hydrogen) atoms.